The van der Waals surface area contributed by atoms with Gasteiger partial charge in [-0.05, 0) is 12.1 Å². The molecule has 0 saturated carbocycles. The minimum absolute atomic E-state index is 0.423. The molecule has 17 heavy (non-hydrogen) atoms. The molecule has 0 atom stereocenters. The lowest BCUT2D eigenvalue weighted by Gasteiger charge is -2.04. The molecule has 0 aliphatic rings. The van der Waals surface area contributed by atoms with Gasteiger partial charge in [-0.15, -0.1) is 0 Å². The summed E-state index contributed by atoms with van der Waals surface area (Å²) in [6, 6.07) is 8.98. The second kappa shape index (κ2) is 4.56. The number of nitrogens with two attached hydrogens (primary N) is 1. The van der Waals surface area contributed by atoms with Crippen molar-refractivity contribution in [1.82, 2.24) is 10.2 Å². The van der Waals surface area contributed by atoms with Crippen LogP contribution in [0.2, 0.25) is 0 Å². The van der Waals surface area contributed by atoms with Crippen molar-refractivity contribution in [2.75, 3.05) is 18.2 Å². The first-order chi connectivity index (χ1) is 8.19. The van der Waals surface area contributed by atoms with Crippen LogP contribution >= 0.6 is 0 Å². The van der Waals surface area contributed by atoms with Gasteiger partial charge >= 0.3 is 6.09 Å². The van der Waals surface area contributed by atoms with E-state index in [9.17, 15) is 4.79 Å². The minimum Gasteiger partial charge on any atom is -0.453 e. The summed E-state index contributed by atoms with van der Waals surface area (Å²) in [7, 11) is 1.31. The van der Waals surface area contributed by atoms with Crippen molar-refractivity contribution in [2.24, 2.45) is 0 Å². The van der Waals surface area contributed by atoms with E-state index >= 15 is 0 Å². The third kappa shape index (κ3) is 2.54. The number of hydrogen-bond donors (Lipinski definition) is 3. The van der Waals surface area contributed by atoms with Crippen molar-refractivity contribution < 1.29 is 9.53 Å². The highest BCUT2D eigenvalue weighted by molar-refractivity contribution is 5.85. The molecule has 1 amide bonds. The van der Waals surface area contributed by atoms with E-state index in [-0.39, 0.29) is 0 Å². The number of nitrogen functional groups attached to an aromatic ring is 1. The molecule has 2 rings (SSSR count). The average Bonchev–Trinajstić information content (AvgIpc) is 2.76. The first kappa shape index (κ1) is 11.0. The van der Waals surface area contributed by atoms with E-state index in [1.165, 1.54) is 7.11 Å². The standard InChI is InChI=1S/C11H12N4O2/c1-17-11(16)13-8-4-2-3-7(5-8)9-6-10(12)15-14-9/h2-6H,1H3,(H,13,16)(H3,12,14,15). The van der Waals surface area contributed by atoms with E-state index in [1.807, 2.05) is 12.1 Å². The topological polar surface area (TPSA) is 93.0 Å². The number of nitrogens with one attached hydrogen (secondary N) is 2. The van der Waals surface area contributed by atoms with E-state index in [0.717, 1.165) is 11.3 Å². The molecule has 0 spiro atoms. The molecule has 1 heterocycles. The first-order valence-electron chi connectivity index (χ1n) is 4.95. The highest BCUT2D eigenvalue weighted by Gasteiger charge is 2.04. The third-order valence-electron chi connectivity index (χ3n) is 2.20. The van der Waals surface area contributed by atoms with Crippen LogP contribution in [0, 0.1) is 0 Å². The van der Waals surface area contributed by atoms with Crippen molar-refractivity contribution in [2.45, 2.75) is 0 Å². The Bertz CT molecular complexity index is 536. The van der Waals surface area contributed by atoms with Gasteiger partial charge in [0.2, 0.25) is 0 Å². The van der Waals surface area contributed by atoms with Crippen LogP contribution in [0.4, 0.5) is 16.3 Å². The summed E-state index contributed by atoms with van der Waals surface area (Å²) in [5.41, 5.74) is 7.83. The van der Waals surface area contributed by atoms with Crippen molar-refractivity contribution in [1.29, 1.82) is 0 Å². The number of rotatable bonds is 2. The monoisotopic (exact) mass is 232 g/mol. The summed E-state index contributed by atoms with van der Waals surface area (Å²) in [5, 5.41) is 9.22. The van der Waals surface area contributed by atoms with Gasteiger partial charge in [-0.1, -0.05) is 12.1 Å². The predicted molar refractivity (Wildman–Crippen MR) is 64.5 cm³/mol. The normalized spacial score (nSPS) is 9.94. The van der Waals surface area contributed by atoms with Gasteiger partial charge in [0.15, 0.2) is 0 Å². The maximum atomic E-state index is 11.1. The highest BCUT2D eigenvalue weighted by Crippen LogP contribution is 2.21. The molecule has 2 aromatic rings. The van der Waals surface area contributed by atoms with Crippen LogP contribution in [0.1, 0.15) is 0 Å². The maximum Gasteiger partial charge on any atom is 0.411 e. The quantitative estimate of drug-likeness (QED) is 0.736. The van der Waals surface area contributed by atoms with Gasteiger partial charge in [-0.3, -0.25) is 10.4 Å². The molecule has 0 saturated heterocycles. The number of amides is 1. The van der Waals surface area contributed by atoms with Crippen LogP contribution in [-0.2, 0) is 4.74 Å². The number of carbonyl (C=O) groups is 1. The van der Waals surface area contributed by atoms with Gasteiger partial charge < -0.3 is 10.5 Å². The molecule has 0 aliphatic heterocycles. The molecule has 0 unspecified atom stereocenters. The van der Waals surface area contributed by atoms with Crippen molar-refractivity contribution in [3.8, 4) is 11.3 Å². The smallest absolute Gasteiger partial charge is 0.411 e. The lowest BCUT2D eigenvalue weighted by atomic mass is 10.1. The van der Waals surface area contributed by atoms with E-state index < -0.39 is 6.09 Å². The molecule has 0 fully saturated rings. The molecule has 1 aromatic carbocycles. The molecular weight excluding hydrogens is 220 g/mol. The number of benzene rings is 1. The summed E-state index contributed by atoms with van der Waals surface area (Å²) < 4.78 is 4.51. The van der Waals surface area contributed by atoms with Crippen LogP contribution in [0.3, 0.4) is 0 Å². The summed E-state index contributed by atoms with van der Waals surface area (Å²) >= 11 is 0. The van der Waals surface area contributed by atoms with Crippen molar-refractivity contribution >= 4 is 17.6 Å². The van der Waals surface area contributed by atoms with E-state index in [1.54, 1.807) is 18.2 Å². The van der Waals surface area contributed by atoms with Crippen LogP contribution in [0.15, 0.2) is 30.3 Å². The number of H-pyrrole nitrogens is 1. The number of ether oxygens (including phenoxy) is 1. The van der Waals surface area contributed by atoms with Gasteiger partial charge in [0.05, 0.1) is 12.8 Å². The molecule has 1 aromatic heterocycles. The minimum atomic E-state index is -0.508. The van der Waals surface area contributed by atoms with Crippen LogP contribution < -0.4 is 11.1 Å². The fraction of sp³-hybridized carbons (Fsp3) is 0.0909. The van der Waals surface area contributed by atoms with Crippen molar-refractivity contribution in [3.05, 3.63) is 30.3 Å². The lowest BCUT2D eigenvalue weighted by molar-refractivity contribution is 0.187. The summed E-state index contributed by atoms with van der Waals surface area (Å²) in [4.78, 5) is 11.1. The van der Waals surface area contributed by atoms with Crippen LogP contribution in [0.25, 0.3) is 11.3 Å². The number of aromatic nitrogens is 2. The Morgan fingerprint density at radius 1 is 1.47 bits per heavy atom. The Hall–Kier alpha value is -2.50. The van der Waals surface area contributed by atoms with Crippen LogP contribution in [0.5, 0.6) is 0 Å². The summed E-state index contributed by atoms with van der Waals surface area (Å²) in [6.07, 6.45) is -0.508. The van der Waals surface area contributed by atoms with Gasteiger partial charge in [0.1, 0.15) is 5.82 Å². The first-order valence-corrected chi connectivity index (χ1v) is 4.95. The number of methoxy groups -OCH3 is 1. The Kier molecular flexibility index (Phi) is 2.95. The molecule has 0 radical (unpaired) electrons. The van der Waals surface area contributed by atoms with Gasteiger partial charge in [-0.2, -0.15) is 5.10 Å². The number of aromatic amines is 1. The number of anilines is 2. The largest absolute Gasteiger partial charge is 0.453 e. The Balaban J connectivity index is 2.25. The molecule has 6 heteroatoms. The van der Waals surface area contributed by atoms with Gasteiger partial charge in [-0.25, -0.2) is 4.79 Å². The molecule has 4 N–H and O–H groups in total. The molecule has 6 nitrogen and oxygen atoms in total. The number of nitrogens with zero attached hydrogens (tertiary/aromatic N) is 1. The Labute approximate surface area is 97.8 Å². The molecular formula is C11H12N4O2. The Morgan fingerprint density at radius 2 is 2.29 bits per heavy atom. The van der Waals surface area contributed by atoms with E-state index in [4.69, 9.17) is 5.73 Å². The lowest BCUT2D eigenvalue weighted by Crippen LogP contribution is -2.10. The second-order valence-corrected chi connectivity index (χ2v) is 3.40. The van der Waals surface area contributed by atoms with Crippen LogP contribution in [-0.4, -0.2) is 23.4 Å². The zero-order chi connectivity index (χ0) is 12.3. The zero-order valence-corrected chi connectivity index (χ0v) is 9.23. The summed E-state index contributed by atoms with van der Waals surface area (Å²) in [6.45, 7) is 0. The average molecular weight is 232 g/mol. The van der Waals surface area contributed by atoms with Gasteiger partial charge in [0.25, 0.3) is 0 Å². The molecule has 0 bridgehead atoms. The van der Waals surface area contributed by atoms with Crippen molar-refractivity contribution in [3.63, 3.8) is 0 Å². The highest BCUT2D eigenvalue weighted by atomic mass is 16.5. The maximum absolute atomic E-state index is 11.1. The third-order valence-corrected chi connectivity index (χ3v) is 2.20. The number of hydrogen-bond acceptors (Lipinski definition) is 4. The van der Waals surface area contributed by atoms with Gasteiger partial charge in [0, 0.05) is 17.3 Å². The predicted octanol–water partition coefficient (Wildman–Crippen LogP) is 1.84. The molecule has 88 valence electrons. The second-order valence-electron chi connectivity index (χ2n) is 3.40. The Morgan fingerprint density at radius 3 is 2.94 bits per heavy atom. The summed E-state index contributed by atoms with van der Waals surface area (Å²) in [5.74, 6) is 0.423. The van der Waals surface area contributed by atoms with E-state index in [0.29, 0.717) is 11.5 Å². The fourth-order valence-corrected chi connectivity index (χ4v) is 1.42. The zero-order valence-electron chi connectivity index (χ0n) is 9.23. The number of carbonyl (C=O) groups excluding carboxylic acids is 1. The molecule has 0 aliphatic carbocycles. The SMILES string of the molecule is COC(=O)Nc1cccc(-c2cc(N)n[nH]2)c1. The van der Waals surface area contributed by atoms with E-state index in [2.05, 4.69) is 20.3 Å². The fourth-order valence-electron chi connectivity index (χ4n) is 1.42.